The standard InChI is InChI=1S/C21H18FNO5/c1-4-16(21(25)26-3)27-14-9-10-17-15(11-14)18(20(24)23-2)19(28-17)12-5-7-13(22)8-6-12/h4-11,16H,1H2,2-3H3,(H,23,24). The first-order valence-electron chi connectivity index (χ1n) is 8.40. The summed E-state index contributed by atoms with van der Waals surface area (Å²) in [5, 5.41) is 3.07. The molecule has 0 aliphatic carbocycles. The van der Waals surface area contributed by atoms with E-state index in [0.29, 0.717) is 28.0 Å². The van der Waals surface area contributed by atoms with Crippen molar-refractivity contribution >= 4 is 22.8 Å². The third-order valence-electron chi connectivity index (χ3n) is 4.13. The number of rotatable bonds is 6. The van der Waals surface area contributed by atoms with Crippen LogP contribution in [0.5, 0.6) is 5.75 Å². The first-order chi connectivity index (χ1) is 13.5. The maximum atomic E-state index is 13.3. The van der Waals surface area contributed by atoms with E-state index in [0.717, 1.165) is 0 Å². The van der Waals surface area contributed by atoms with Gasteiger partial charge in [0.15, 0.2) is 0 Å². The number of nitrogens with one attached hydrogen (secondary N) is 1. The number of benzene rings is 2. The highest BCUT2D eigenvalue weighted by molar-refractivity contribution is 6.11. The van der Waals surface area contributed by atoms with Crippen LogP contribution in [0.2, 0.25) is 0 Å². The van der Waals surface area contributed by atoms with E-state index in [4.69, 9.17) is 9.15 Å². The molecule has 3 aromatic rings. The average Bonchev–Trinajstić information content (AvgIpc) is 3.10. The van der Waals surface area contributed by atoms with E-state index < -0.39 is 17.9 Å². The highest BCUT2D eigenvalue weighted by Crippen LogP contribution is 2.35. The van der Waals surface area contributed by atoms with Crippen LogP contribution in [0, 0.1) is 5.82 Å². The van der Waals surface area contributed by atoms with Crippen molar-refractivity contribution < 1.29 is 27.9 Å². The number of halogens is 1. The van der Waals surface area contributed by atoms with Crippen molar-refractivity contribution in [3.05, 3.63) is 66.5 Å². The van der Waals surface area contributed by atoms with Gasteiger partial charge in [0.2, 0.25) is 6.10 Å². The summed E-state index contributed by atoms with van der Waals surface area (Å²) in [4.78, 5) is 24.2. The summed E-state index contributed by atoms with van der Waals surface area (Å²) in [6.07, 6.45) is 0.323. The van der Waals surface area contributed by atoms with E-state index in [-0.39, 0.29) is 11.5 Å². The molecule has 7 heteroatoms. The molecule has 28 heavy (non-hydrogen) atoms. The van der Waals surface area contributed by atoms with Gasteiger partial charge in [0.05, 0.1) is 12.7 Å². The van der Waals surface area contributed by atoms with Crippen LogP contribution in [0.4, 0.5) is 4.39 Å². The van der Waals surface area contributed by atoms with Gasteiger partial charge < -0.3 is 19.2 Å². The molecular formula is C21H18FNO5. The lowest BCUT2D eigenvalue weighted by atomic mass is 10.0. The Morgan fingerprint density at radius 1 is 1.21 bits per heavy atom. The number of ether oxygens (including phenoxy) is 2. The summed E-state index contributed by atoms with van der Waals surface area (Å²) in [5.41, 5.74) is 1.28. The van der Waals surface area contributed by atoms with Crippen molar-refractivity contribution in [3.63, 3.8) is 0 Å². The Balaban J connectivity index is 2.11. The number of fused-ring (bicyclic) bond motifs is 1. The number of furan rings is 1. The van der Waals surface area contributed by atoms with Gasteiger partial charge in [0.25, 0.3) is 5.91 Å². The monoisotopic (exact) mass is 383 g/mol. The summed E-state index contributed by atoms with van der Waals surface area (Å²) >= 11 is 0. The number of hydrogen-bond acceptors (Lipinski definition) is 5. The van der Waals surface area contributed by atoms with E-state index in [1.54, 1.807) is 18.2 Å². The van der Waals surface area contributed by atoms with Gasteiger partial charge in [0, 0.05) is 18.0 Å². The van der Waals surface area contributed by atoms with Crippen LogP contribution in [-0.4, -0.2) is 32.1 Å². The summed E-state index contributed by atoms with van der Waals surface area (Å²) in [6.45, 7) is 3.56. The molecule has 0 bridgehead atoms. The van der Waals surface area contributed by atoms with Gasteiger partial charge in [-0.3, -0.25) is 4.79 Å². The molecule has 1 unspecified atom stereocenters. The van der Waals surface area contributed by atoms with Crippen LogP contribution in [0.25, 0.3) is 22.3 Å². The van der Waals surface area contributed by atoms with Crippen LogP contribution in [0.1, 0.15) is 10.4 Å². The average molecular weight is 383 g/mol. The molecule has 0 saturated heterocycles. The topological polar surface area (TPSA) is 77.8 Å². The lowest BCUT2D eigenvalue weighted by Gasteiger charge is -2.13. The Kier molecular flexibility index (Phi) is 5.44. The van der Waals surface area contributed by atoms with E-state index in [9.17, 15) is 14.0 Å². The number of amides is 1. The number of methoxy groups -OCH3 is 1. The summed E-state index contributed by atoms with van der Waals surface area (Å²) in [7, 11) is 2.75. The van der Waals surface area contributed by atoms with Crippen LogP contribution >= 0.6 is 0 Å². The number of hydrogen-bond donors (Lipinski definition) is 1. The zero-order valence-corrected chi connectivity index (χ0v) is 15.3. The van der Waals surface area contributed by atoms with E-state index in [1.807, 2.05) is 0 Å². The molecule has 1 N–H and O–H groups in total. The second-order valence-corrected chi connectivity index (χ2v) is 5.85. The fraction of sp³-hybridized carbons (Fsp3) is 0.143. The molecule has 0 radical (unpaired) electrons. The van der Waals surface area contributed by atoms with Crippen molar-refractivity contribution in [3.8, 4) is 17.1 Å². The van der Waals surface area contributed by atoms with Gasteiger partial charge in [-0.25, -0.2) is 9.18 Å². The summed E-state index contributed by atoms with van der Waals surface area (Å²) in [5.74, 6) is -0.723. The van der Waals surface area contributed by atoms with Gasteiger partial charge in [-0.15, -0.1) is 0 Å². The lowest BCUT2D eigenvalue weighted by molar-refractivity contribution is -0.146. The normalized spacial score (nSPS) is 11.7. The number of esters is 1. The molecule has 144 valence electrons. The highest BCUT2D eigenvalue weighted by atomic mass is 19.1. The number of carbonyl (C=O) groups is 2. The van der Waals surface area contributed by atoms with E-state index in [2.05, 4.69) is 16.6 Å². The van der Waals surface area contributed by atoms with Crippen molar-refractivity contribution in [2.45, 2.75) is 6.10 Å². The second-order valence-electron chi connectivity index (χ2n) is 5.85. The smallest absolute Gasteiger partial charge is 0.351 e. The molecule has 0 fully saturated rings. The van der Waals surface area contributed by atoms with Gasteiger partial charge in [-0.1, -0.05) is 6.58 Å². The Morgan fingerprint density at radius 2 is 1.93 bits per heavy atom. The lowest BCUT2D eigenvalue weighted by Crippen LogP contribution is -2.26. The Hall–Kier alpha value is -3.61. The maximum absolute atomic E-state index is 13.3. The molecule has 2 aromatic carbocycles. The molecule has 3 rings (SSSR count). The van der Waals surface area contributed by atoms with Crippen molar-refractivity contribution in [2.75, 3.05) is 14.2 Å². The SMILES string of the molecule is C=CC(Oc1ccc2oc(-c3ccc(F)cc3)c(C(=O)NC)c2c1)C(=O)OC. The largest absolute Gasteiger partial charge is 0.475 e. The predicted octanol–water partition coefficient (Wildman–Crippen LogP) is 3.70. The minimum absolute atomic E-state index is 0.280. The Morgan fingerprint density at radius 3 is 2.54 bits per heavy atom. The molecule has 0 aliphatic heterocycles. The van der Waals surface area contributed by atoms with Crippen LogP contribution in [0.15, 0.2) is 59.5 Å². The van der Waals surface area contributed by atoms with Crippen LogP contribution in [-0.2, 0) is 9.53 Å². The van der Waals surface area contributed by atoms with Crippen molar-refractivity contribution in [2.24, 2.45) is 0 Å². The third kappa shape index (κ3) is 3.59. The fourth-order valence-electron chi connectivity index (χ4n) is 2.76. The molecule has 0 aliphatic rings. The molecule has 1 aromatic heterocycles. The number of carbonyl (C=O) groups excluding carboxylic acids is 2. The molecule has 0 spiro atoms. The molecular weight excluding hydrogens is 365 g/mol. The Bertz CT molecular complexity index is 1040. The fourth-order valence-corrected chi connectivity index (χ4v) is 2.76. The Labute approximate surface area is 160 Å². The third-order valence-corrected chi connectivity index (χ3v) is 4.13. The molecule has 1 atom stereocenters. The van der Waals surface area contributed by atoms with Gasteiger partial charge in [0.1, 0.15) is 22.9 Å². The van der Waals surface area contributed by atoms with Gasteiger partial charge in [-0.05, 0) is 48.5 Å². The van der Waals surface area contributed by atoms with E-state index in [1.165, 1.54) is 44.5 Å². The highest BCUT2D eigenvalue weighted by Gasteiger charge is 2.23. The van der Waals surface area contributed by atoms with Crippen LogP contribution < -0.4 is 10.1 Å². The quantitative estimate of drug-likeness (QED) is 0.519. The zero-order valence-electron chi connectivity index (χ0n) is 15.3. The molecule has 1 amide bonds. The predicted molar refractivity (Wildman–Crippen MR) is 102 cm³/mol. The summed E-state index contributed by atoms with van der Waals surface area (Å²) < 4.78 is 29.4. The molecule has 6 nitrogen and oxygen atoms in total. The maximum Gasteiger partial charge on any atom is 0.351 e. The van der Waals surface area contributed by atoms with Crippen molar-refractivity contribution in [1.82, 2.24) is 5.32 Å². The summed E-state index contributed by atoms with van der Waals surface area (Å²) in [6, 6.07) is 10.5. The first-order valence-corrected chi connectivity index (χ1v) is 8.40. The molecule has 1 heterocycles. The van der Waals surface area contributed by atoms with E-state index >= 15 is 0 Å². The van der Waals surface area contributed by atoms with Crippen molar-refractivity contribution in [1.29, 1.82) is 0 Å². The first kappa shape index (κ1) is 19.2. The van der Waals surface area contributed by atoms with Gasteiger partial charge >= 0.3 is 5.97 Å². The molecule has 0 saturated carbocycles. The zero-order chi connectivity index (χ0) is 20.3. The minimum atomic E-state index is -0.991. The minimum Gasteiger partial charge on any atom is -0.475 e. The van der Waals surface area contributed by atoms with Crippen LogP contribution in [0.3, 0.4) is 0 Å². The van der Waals surface area contributed by atoms with Gasteiger partial charge in [-0.2, -0.15) is 0 Å². The second kappa shape index (κ2) is 7.96.